The van der Waals surface area contributed by atoms with Gasteiger partial charge in [0.25, 0.3) is 0 Å². The second-order valence-corrected chi connectivity index (χ2v) is 14.4. The van der Waals surface area contributed by atoms with Crippen LogP contribution in [0.3, 0.4) is 0 Å². The number of halogens is 10. The van der Waals surface area contributed by atoms with Crippen LogP contribution in [0.4, 0.5) is 43.9 Å². The highest BCUT2D eigenvalue weighted by Crippen LogP contribution is 2.47. The predicted octanol–water partition coefficient (Wildman–Crippen LogP) is 15.1. The first-order valence-corrected chi connectivity index (χ1v) is 18.4. The molecular weight excluding hydrogens is 795 g/mol. The first kappa shape index (κ1) is 38.7. The van der Waals surface area contributed by atoms with Crippen LogP contribution >= 0.6 is 0 Å². The number of hydrogen-bond acceptors (Lipinski definition) is 2. The molecule has 0 aliphatic rings. The number of benzene rings is 7. The van der Waals surface area contributed by atoms with Crippen molar-refractivity contribution in [2.24, 2.45) is 0 Å². The molecule has 0 saturated heterocycles. The van der Waals surface area contributed by atoms with Crippen LogP contribution in [0.2, 0.25) is 0 Å². The Labute approximate surface area is 334 Å². The van der Waals surface area contributed by atoms with Crippen molar-refractivity contribution in [3.05, 3.63) is 169 Å². The lowest BCUT2D eigenvalue weighted by Gasteiger charge is -2.20. The molecule has 7 aromatic carbocycles. The van der Waals surface area contributed by atoms with Gasteiger partial charge in [0.1, 0.15) is 0 Å². The molecule has 0 radical (unpaired) electrons. The van der Waals surface area contributed by atoms with Gasteiger partial charge in [0, 0.05) is 33.0 Å². The van der Waals surface area contributed by atoms with Crippen molar-refractivity contribution >= 4 is 43.4 Å². The summed E-state index contributed by atoms with van der Waals surface area (Å²) < 4.78 is 137. The molecule has 12 heteroatoms. The van der Waals surface area contributed by atoms with E-state index in [0.717, 1.165) is 45.8 Å². The SMILES string of the molecule is FC(F)(F)C(F)(F)c1ccc(-c2cc(-c3ccc4ccccc4c3)nc3c2ccc2c(-c4ccc(C(F)(F)C(F)(F)F)cc4)cc(-c4ccc5ccccc5c4)nc23)cc1. The van der Waals surface area contributed by atoms with Gasteiger partial charge in [0.05, 0.1) is 22.4 Å². The normalized spacial score (nSPS) is 12.8. The van der Waals surface area contributed by atoms with Gasteiger partial charge in [-0.15, -0.1) is 0 Å². The summed E-state index contributed by atoms with van der Waals surface area (Å²) in [5.74, 6) is -10.2. The zero-order valence-corrected chi connectivity index (χ0v) is 30.7. The molecule has 2 nitrogen and oxygen atoms in total. The standard InChI is InChI=1S/C48H26F10N2/c49-45(50,47(53,54)55)35-17-13-29(14-18-35)39-25-41(33-11-9-27-5-1-3-7-31(27)23-33)59-43-37(39)21-22-38-40(30-15-19-36(20-16-30)46(51,52)48(56,57)58)26-42(60-44(38)43)34-12-10-28-6-2-4-8-32(28)24-34/h1-26H. The smallest absolute Gasteiger partial charge is 0.245 e. The van der Waals surface area contributed by atoms with Crippen LogP contribution in [0.25, 0.3) is 88.1 Å². The third kappa shape index (κ3) is 6.56. The topological polar surface area (TPSA) is 25.8 Å². The van der Waals surface area contributed by atoms with E-state index in [1.165, 1.54) is 24.3 Å². The summed E-state index contributed by atoms with van der Waals surface area (Å²) in [6, 6.07) is 40.9. The van der Waals surface area contributed by atoms with E-state index in [9.17, 15) is 43.9 Å². The molecule has 9 aromatic rings. The molecule has 0 atom stereocenters. The van der Waals surface area contributed by atoms with E-state index in [-0.39, 0.29) is 0 Å². The van der Waals surface area contributed by atoms with Crippen molar-refractivity contribution < 1.29 is 43.9 Å². The van der Waals surface area contributed by atoms with Crippen molar-refractivity contribution in [1.82, 2.24) is 9.97 Å². The lowest BCUT2D eigenvalue weighted by Crippen LogP contribution is -2.33. The maximum absolute atomic E-state index is 14.4. The van der Waals surface area contributed by atoms with E-state index >= 15 is 0 Å². The molecule has 0 spiro atoms. The fraction of sp³-hybridized carbons (Fsp3) is 0.0833. The van der Waals surface area contributed by atoms with Gasteiger partial charge in [-0.25, -0.2) is 9.97 Å². The fourth-order valence-corrected chi connectivity index (χ4v) is 7.49. The van der Waals surface area contributed by atoms with Crippen LogP contribution in [-0.2, 0) is 11.8 Å². The van der Waals surface area contributed by atoms with Crippen molar-refractivity contribution in [2.75, 3.05) is 0 Å². The third-order valence-corrected chi connectivity index (χ3v) is 10.7. The maximum Gasteiger partial charge on any atom is 0.458 e. The highest BCUT2D eigenvalue weighted by Gasteiger charge is 2.59. The molecule has 0 unspecified atom stereocenters. The quantitative estimate of drug-likeness (QED) is 0.123. The minimum Gasteiger partial charge on any atom is -0.245 e. The van der Waals surface area contributed by atoms with Crippen molar-refractivity contribution in [3.63, 3.8) is 0 Å². The second kappa shape index (κ2) is 13.9. The van der Waals surface area contributed by atoms with Crippen molar-refractivity contribution in [3.8, 4) is 44.8 Å². The minimum absolute atomic E-state index is 0.303. The Morgan fingerprint density at radius 2 is 0.650 bits per heavy atom. The number of aromatic nitrogens is 2. The third-order valence-electron chi connectivity index (χ3n) is 10.7. The van der Waals surface area contributed by atoms with E-state index in [0.29, 0.717) is 66.6 Å². The van der Waals surface area contributed by atoms with Crippen LogP contribution < -0.4 is 0 Å². The van der Waals surface area contributed by atoms with Crippen LogP contribution in [0, 0.1) is 0 Å². The number of nitrogens with zero attached hydrogens (tertiary/aromatic N) is 2. The van der Waals surface area contributed by atoms with E-state index in [1.54, 1.807) is 24.3 Å². The van der Waals surface area contributed by atoms with Crippen LogP contribution in [0.1, 0.15) is 11.1 Å². The van der Waals surface area contributed by atoms with E-state index in [2.05, 4.69) is 0 Å². The Morgan fingerprint density at radius 3 is 1.00 bits per heavy atom. The van der Waals surface area contributed by atoms with Crippen molar-refractivity contribution in [2.45, 2.75) is 24.2 Å². The molecule has 0 saturated carbocycles. The zero-order chi connectivity index (χ0) is 42.2. The molecule has 0 aliphatic heterocycles. The molecule has 0 amide bonds. The zero-order valence-electron chi connectivity index (χ0n) is 30.7. The molecule has 0 bridgehead atoms. The summed E-state index contributed by atoms with van der Waals surface area (Å²) in [4.78, 5) is 10.2. The summed E-state index contributed by atoms with van der Waals surface area (Å²) in [7, 11) is 0. The average Bonchev–Trinajstić information content (AvgIpc) is 3.24. The molecule has 2 aromatic heterocycles. The lowest BCUT2D eigenvalue weighted by molar-refractivity contribution is -0.289. The highest BCUT2D eigenvalue weighted by atomic mass is 19.4. The maximum atomic E-state index is 14.4. The summed E-state index contributed by atoms with van der Waals surface area (Å²) in [5, 5.41) is 4.56. The monoisotopic (exact) mass is 820 g/mol. The largest absolute Gasteiger partial charge is 0.458 e. The molecule has 298 valence electrons. The summed E-state index contributed by atoms with van der Waals surface area (Å²) in [6.45, 7) is 0. The Morgan fingerprint density at radius 1 is 0.317 bits per heavy atom. The number of pyridine rings is 2. The number of alkyl halides is 10. The Hall–Kier alpha value is -6.82. The van der Waals surface area contributed by atoms with Crippen LogP contribution in [-0.4, -0.2) is 22.3 Å². The fourth-order valence-electron chi connectivity index (χ4n) is 7.49. The predicted molar refractivity (Wildman–Crippen MR) is 214 cm³/mol. The molecule has 9 rings (SSSR count). The van der Waals surface area contributed by atoms with Gasteiger partial charge in [-0.05, 0) is 68.1 Å². The van der Waals surface area contributed by atoms with Gasteiger partial charge in [-0.3, -0.25) is 0 Å². The molecule has 0 fully saturated rings. The Balaban J connectivity index is 1.32. The van der Waals surface area contributed by atoms with E-state index < -0.39 is 35.3 Å². The average molecular weight is 821 g/mol. The number of fused-ring (bicyclic) bond motifs is 5. The first-order chi connectivity index (χ1) is 28.5. The molecule has 0 N–H and O–H groups in total. The van der Waals surface area contributed by atoms with Gasteiger partial charge in [-0.1, -0.05) is 133 Å². The molecular formula is C48H26F10N2. The van der Waals surface area contributed by atoms with Gasteiger partial charge in [0.15, 0.2) is 0 Å². The van der Waals surface area contributed by atoms with Crippen molar-refractivity contribution in [1.29, 1.82) is 0 Å². The minimum atomic E-state index is -5.81. The molecule has 60 heavy (non-hydrogen) atoms. The van der Waals surface area contributed by atoms with Gasteiger partial charge >= 0.3 is 24.2 Å². The van der Waals surface area contributed by atoms with Gasteiger partial charge < -0.3 is 0 Å². The molecule has 0 aliphatic carbocycles. The lowest BCUT2D eigenvalue weighted by atomic mass is 9.92. The highest BCUT2D eigenvalue weighted by molar-refractivity contribution is 6.13. The summed E-state index contributed by atoms with van der Waals surface area (Å²) in [5.41, 5.74) is 1.76. The second-order valence-electron chi connectivity index (χ2n) is 14.4. The molecule has 2 heterocycles. The van der Waals surface area contributed by atoms with Crippen LogP contribution in [0.5, 0.6) is 0 Å². The first-order valence-electron chi connectivity index (χ1n) is 18.4. The summed E-state index contributed by atoms with van der Waals surface area (Å²) in [6.07, 6.45) is -11.6. The Bertz CT molecular complexity index is 2910. The van der Waals surface area contributed by atoms with E-state index in [1.807, 2.05) is 84.9 Å². The van der Waals surface area contributed by atoms with E-state index in [4.69, 9.17) is 9.97 Å². The Kier molecular flexibility index (Phi) is 8.96. The number of rotatable bonds is 6. The number of hydrogen-bond donors (Lipinski definition) is 0. The van der Waals surface area contributed by atoms with Gasteiger partial charge in [-0.2, -0.15) is 43.9 Å². The van der Waals surface area contributed by atoms with Crippen LogP contribution in [0.15, 0.2) is 158 Å². The summed E-state index contributed by atoms with van der Waals surface area (Å²) >= 11 is 0. The van der Waals surface area contributed by atoms with Gasteiger partial charge in [0.2, 0.25) is 0 Å².